The first-order chi connectivity index (χ1) is 6.83. The fourth-order valence-electron chi connectivity index (χ4n) is 1.94. The molecule has 1 aromatic rings. The topological polar surface area (TPSA) is 29.1 Å². The summed E-state index contributed by atoms with van der Waals surface area (Å²) in [6.45, 7) is 2.67. The Hall–Kier alpha value is -0.830. The first-order valence-electron chi connectivity index (χ1n) is 5.20. The van der Waals surface area contributed by atoms with Crippen LogP contribution < -0.4 is 5.32 Å². The van der Waals surface area contributed by atoms with Crippen molar-refractivity contribution < 1.29 is 4.79 Å². The molecule has 1 aliphatic rings. The third-order valence-electron chi connectivity index (χ3n) is 2.64. The van der Waals surface area contributed by atoms with Crippen LogP contribution in [0.1, 0.15) is 40.6 Å². The van der Waals surface area contributed by atoms with E-state index in [4.69, 9.17) is 0 Å². The van der Waals surface area contributed by atoms with Gasteiger partial charge in [0.1, 0.15) is 0 Å². The highest BCUT2D eigenvalue weighted by Gasteiger charge is 2.19. The summed E-state index contributed by atoms with van der Waals surface area (Å²) in [5.41, 5.74) is 2.23. The molecule has 0 radical (unpaired) electrons. The number of carbonyl (C=O) groups is 1. The number of aryl methyl sites for hydroxylation is 1. The van der Waals surface area contributed by atoms with Crippen LogP contribution in [0.15, 0.2) is 5.38 Å². The summed E-state index contributed by atoms with van der Waals surface area (Å²) in [6, 6.07) is 0. The predicted molar refractivity (Wildman–Crippen MR) is 59.0 cm³/mol. The smallest absolute Gasteiger partial charge is 0.252 e. The number of amides is 1. The second-order valence-electron chi connectivity index (χ2n) is 3.62. The third-order valence-corrected chi connectivity index (χ3v) is 3.73. The van der Waals surface area contributed by atoms with Gasteiger partial charge >= 0.3 is 0 Å². The average molecular weight is 209 g/mol. The molecule has 1 N–H and O–H groups in total. The molecule has 1 aromatic heterocycles. The van der Waals surface area contributed by atoms with Gasteiger partial charge in [-0.1, -0.05) is 0 Å². The zero-order valence-electron chi connectivity index (χ0n) is 8.43. The van der Waals surface area contributed by atoms with E-state index in [2.05, 4.69) is 5.32 Å². The van der Waals surface area contributed by atoms with Crippen LogP contribution in [0.4, 0.5) is 0 Å². The van der Waals surface area contributed by atoms with Crippen LogP contribution in [0.25, 0.3) is 0 Å². The van der Waals surface area contributed by atoms with Crippen LogP contribution in [0.2, 0.25) is 0 Å². The van der Waals surface area contributed by atoms with Crippen LogP contribution in [0, 0.1) is 0 Å². The normalized spacial score (nSPS) is 14.9. The first kappa shape index (κ1) is 9.71. The van der Waals surface area contributed by atoms with E-state index in [-0.39, 0.29) is 5.91 Å². The molecule has 1 heterocycles. The van der Waals surface area contributed by atoms with Crippen molar-refractivity contribution in [2.75, 3.05) is 6.54 Å². The van der Waals surface area contributed by atoms with Crippen molar-refractivity contribution >= 4 is 17.2 Å². The Balaban J connectivity index is 2.25. The van der Waals surface area contributed by atoms with Crippen LogP contribution in [0.3, 0.4) is 0 Å². The lowest BCUT2D eigenvalue weighted by Crippen LogP contribution is -2.23. The Morgan fingerprint density at radius 2 is 2.29 bits per heavy atom. The van der Waals surface area contributed by atoms with Gasteiger partial charge in [0.2, 0.25) is 0 Å². The SMILES string of the molecule is CCNC(=O)c1csc2c1CCCC2. The number of rotatable bonds is 2. The summed E-state index contributed by atoms with van der Waals surface area (Å²) >= 11 is 1.75. The molecule has 0 saturated heterocycles. The van der Waals surface area contributed by atoms with E-state index >= 15 is 0 Å². The van der Waals surface area contributed by atoms with Crippen molar-refractivity contribution in [3.63, 3.8) is 0 Å². The van der Waals surface area contributed by atoms with E-state index in [9.17, 15) is 4.79 Å². The molecule has 0 aliphatic heterocycles. The van der Waals surface area contributed by atoms with Crippen molar-refractivity contribution in [2.45, 2.75) is 32.6 Å². The van der Waals surface area contributed by atoms with E-state index in [0.717, 1.165) is 12.0 Å². The molecule has 76 valence electrons. The monoisotopic (exact) mass is 209 g/mol. The fourth-order valence-corrected chi connectivity index (χ4v) is 3.07. The molecule has 14 heavy (non-hydrogen) atoms. The molecule has 1 amide bonds. The van der Waals surface area contributed by atoms with Gasteiger partial charge in [0, 0.05) is 16.8 Å². The molecule has 0 fully saturated rings. The van der Waals surface area contributed by atoms with Gasteiger partial charge in [-0.3, -0.25) is 4.79 Å². The summed E-state index contributed by atoms with van der Waals surface area (Å²) < 4.78 is 0. The van der Waals surface area contributed by atoms with Gasteiger partial charge in [0.05, 0.1) is 5.56 Å². The highest BCUT2D eigenvalue weighted by atomic mass is 32.1. The third kappa shape index (κ3) is 1.69. The van der Waals surface area contributed by atoms with Crippen LogP contribution >= 0.6 is 11.3 Å². The number of nitrogens with one attached hydrogen (secondary N) is 1. The minimum Gasteiger partial charge on any atom is -0.352 e. The average Bonchev–Trinajstić information content (AvgIpc) is 2.61. The molecule has 0 bridgehead atoms. The fraction of sp³-hybridized carbons (Fsp3) is 0.545. The molecule has 1 aliphatic carbocycles. The van der Waals surface area contributed by atoms with E-state index in [0.29, 0.717) is 6.54 Å². The lowest BCUT2D eigenvalue weighted by molar-refractivity contribution is 0.0955. The molecule has 0 saturated carbocycles. The lowest BCUT2D eigenvalue weighted by Gasteiger charge is -2.12. The van der Waals surface area contributed by atoms with E-state index in [1.807, 2.05) is 12.3 Å². The van der Waals surface area contributed by atoms with Gasteiger partial charge in [-0.2, -0.15) is 0 Å². The van der Waals surface area contributed by atoms with Gasteiger partial charge in [-0.15, -0.1) is 11.3 Å². The second-order valence-corrected chi connectivity index (χ2v) is 4.58. The van der Waals surface area contributed by atoms with Gasteiger partial charge in [0.15, 0.2) is 0 Å². The quantitative estimate of drug-likeness (QED) is 0.796. The molecule has 0 aromatic carbocycles. The van der Waals surface area contributed by atoms with Crippen molar-refractivity contribution in [2.24, 2.45) is 0 Å². The van der Waals surface area contributed by atoms with Gasteiger partial charge in [-0.25, -0.2) is 0 Å². The number of carbonyl (C=O) groups excluding carboxylic acids is 1. The molecular formula is C11H15NOS. The summed E-state index contributed by atoms with van der Waals surface area (Å²) in [4.78, 5) is 13.1. The Kier molecular flexibility index (Phi) is 2.87. The number of hydrogen-bond acceptors (Lipinski definition) is 2. The zero-order valence-corrected chi connectivity index (χ0v) is 9.25. The van der Waals surface area contributed by atoms with E-state index < -0.39 is 0 Å². The van der Waals surface area contributed by atoms with E-state index in [1.165, 1.54) is 29.7 Å². The Morgan fingerprint density at radius 3 is 3.07 bits per heavy atom. The Morgan fingerprint density at radius 1 is 1.50 bits per heavy atom. The maximum atomic E-state index is 11.7. The predicted octanol–water partition coefficient (Wildman–Crippen LogP) is 2.38. The standard InChI is InChI=1S/C11H15NOS/c1-2-12-11(13)9-7-14-10-6-4-3-5-8(9)10/h7H,2-6H2,1H3,(H,12,13). The van der Waals surface area contributed by atoms with Crippen molar-refractivity contribution in [3.05, 3.63) is 21.4 Å². The van der Waals surface area contributed by atoms with E-state index in [1.54, 1.807) is 11.3 Å². The molecule has 2 nitrogen and oxygen atoms in total. The summed E-state index contributed by atoms with van der Waals surface area (Å²) in [5, 5.41) is 4.88. The van der Waals surface area contributed by atoms with Crippen LogP contribution in [-0.4, -0.2) is 12.5 Å². The molecule has 0 atom stereocenters. The van der Waals surface area contributed by atoms with Gasteiger partial charge in [-0.05, 0) is 38.2 Å². The molecule has 0 spiro atoms. The first-order valence-corrected chi connectivity index (χ1v) is 6.08. The number of fused-ring (bicyclic) bond motifs is 1. The molecule has 0 unspecified atom stereocenters. The second kappa shape index (κ2) is 4.13. The minimum atomic E-state index is 0.104. The van der Waals surface area contributed by atoms with Gasteiger partial charge < -0.3 is 5.32 Å². The number of thiophene rings is 1. The summed E-state index contributed by atoms with van der Waals surface area (Å²) in [7, 11) is 0. The van der Waals surface area contributed by atoms with Crippen molar-refractivity contribution in [3.8, 4) is 0 Å². The molecular weight excluding hydrogens is 194 g/mol. The largest absolute Gasteiger partial charge is 0.352 e. The van der Waals surface area contributed by atoms with Crippen LogP contribution in [-0.2, 0) is 12.8 Å². The highest BCUT2D eigenvalue weighted by molar-refractivity contribution is 7.10. The van der Waals surface area contributed by atoms with Crippen LogP contribution in [0.5, 0.6) is 0 Å². The van der Waals surface area contributed by atoms with Crippen molar-refractivity contribution in [1.29, 1.82) is 0 Å². The van der Waals surface area contributed by atoms with Crippen molar-refractivity contribution in [1.82, 2.24) is 5.32 Å². The number of hydrogen-bond donors (Lipinski definition) is 1. The molecule has 2 rings (SSSR count). The molecule has 3 heteroatoms. The summed E-state index contributed by atoms with van der Waals surface area (Å²) in [6.07, 6.45) is 4.77. The lowest BCUT2D eigenvalue weighted by atomic mass is 9.96. The Bertz CT molecular complexity index is 343. The maximum absolute atomic E-state index is 11.7. The summed E-state index contributed by atoms with van der Waals surface area (Å²) in [5.74, 6) is 0.104. The van der Waals surface area contributed by atoms with Gasteiger partial charge in [0.25, 0.3) is 5.91 Å². The Labute approximate surface area is 88.3 Å². The maximum Gasteiger partial charge on any atom is 0.252 e. The highest BCUT2D eigenvalue weighted by Crippen LogP contribution is 2.29. The minimum absolute atomic E-state index is 0.104. The zero-order chi connectivity index (χ0) is 9.97.